The van der Waals surface area contributed by atoms with E-state index < -0.39 is 21.5 Å². The van der Waals surface area contributed by atoms with Gasteiger partial charge in [-0.05, 0) is 0 Å². The summed E-state index contributed by atoms with van der Waals surface area (Å²) in [7, 11) is -3.29. The molecule has 1 saturated heterocycles. The molecule has 86 valence electrons. The summed E-state index contributed by atoms with van der Waals surface area (Å²) in [6.45, 7) is 1.05. The Hall–Kier alpha value is -1.11. The molecule has 0 aromatic carbocycles. The molecule has 1 rings (SSSR count). The summed E-state index contributed by atoms with van der Waals surface area (Å²) in [5, 5.41) is 2.61. The van der Waals surface area contributed by atoms with E-state index in [1.165, 1.54) is 4.90 Å². The normalized spacial score (nSPS) is 18.2. The molecule has 7 heteroatoms. The molecule has 1 heterocycles. The van der Waals surface area contributed by atoms with Crippen LogP contribution in [-0.4, -0.2) is 56.8 Å². The Labute approximate surface area is 88.5 Å². The minimum absolute atomic E-state index is 0.107. The van der Waals surface area contributed by atoms with Crippen molar-refractivity contribution in [2.75, 3.05) is 31.6 Å². The van der Waals surface area contributed by atoms with Crippen LogP contribution in [0.25, 0.3) is 0 Å². The summed E-state index contributed by atoms with van der Waals surface area (Å²) < 4.78 is 21.8. The first-order chi connectivity index (χ1) is 6.88. The molecular formula is C8H14N2O4S. The molecule has 1 aliphatic heterocycles. The van der Waals surface area contributed by atoms with E-state index in [0.717, 1.165) is 6.26 Å². The Bertz CT molecular complexity index is 363. The van der Waals surface area contributed by atoms with Crippen LogP contribution in [0.1, 0.15) is 6.42 Å². The fourth-order valence-corrected chi connectivity index (χ4v) is 1.96. The second kappa shape index (κ2) is 4.61. The van der Waals surface area contributed by atoms with Gasteiger partial charge < -0.3 is 10.2 Å². The average molecular weight is 234 g/mol. The molecular weight excluding hydrogens is 220 g/mol. The van der Waals surface area contributed by atoms with Gasteiger partial charge in [-0.3, -0.25) is 9.59 Å². The first kappa shape index (κ1) is 12.0. The molecule has 0 aromatic heterocycles. The zero-order chi connectivity index (χ0) is 11.5. The molecule has 0 spiro atoms. The Balaban J connectivity index is 2.56. The van der Waals surface area contributed by atoms with Gasteiger partial charge >= 0.3 is 0 Å². The highest BCUT2D eigenvalue weighted by molar-refractivity contribution is 7.91. The second-order valence-electron chi connectivity index (χ2n) is 3.55. The van der Waals surface area contributed by atoms with Gasteiger partial charge in [0.25, 0.3) is 0 Å². The van der Waals surface area contributed by atoms with Crippen molar-refractivity contribution >= 4 is 21.7 Å². The zero-order valence-corrected chi connectivity index (χ0v) is 9.34. The molecule has 1 N–H and O–H groups in total. The summed E-state index contributed by atoms with van der Waals surface area (Å²) >= 11 is 0. The van der Waals surface area contributed by atoms with E-state index in [9.17, 15) is 18.0 Å². The average Bonchev–Trinajstić information content (AvgIpc) is 2.26. The Kier molecular flexibility index (Phi) is 3.67. The van der Waals surface area contributed by atoms with E-state index in [0.29, 0.717) is 19.6 Å². The summed E-state index contributed by atoms with van der Waals surface area (Å²) in [5.74, 6) is -1.03. The first-order valence-corrected chi connectivity index (χ1v) is 6.67. The molecule has 0 aromatic rings. The second-order valence-corrected chi connectivity index (χ2v) is 5.69. The lowest BCUT2D eigenvalue weighted by Gasteiger charge is -2.18. The number of hydrogen-bond acceptors (Lipinski definition) is 4. The van der Waals surface area contributed by atoms with Crippen LogP contribution in [0, 0.1) is 0 Å². The summed E-state index contributed by atoms with van der Waals surface area (Å²) in [5.41, 5.74) is 0. The molecule has 6 nitrogen and oxygen atoms in total. The quantitative estimate of drug-likeness (QED) is 0.622. The number of nitrogens with one attached hydrogen (secondary N) is 1. The van der Waals surface area contributed by atoms with Gasteiger partial charge in [-0.2, -0.15) is 0 Å². The van der Waals surface area contributed by atoms with Gasteiger partial charge in [0.2, 0.25) is 11.8 Å². The molecule has 0 saturated carbocycles. The maximum Gasteiger partial charge on any atom is 0.237 e. The summed E-state index contributed by atoms with van der Waals surface area (Å²) in [6, 6.07) is 0. The van der Waals surface area contributed by atoms with Gasteiger partial charge in [-0.25, -0.2) is 8.42 Å². The summed E-state index contributed by atoms with van der Waals surface area (Å²) in [6.07, 6.45) is 1.25. The van der Waals surface area contributed by atoms with Gasteiger partial charge in [0.05, 0.1) is 0 Å². The van der Waals surface area contributed by atoms with Crippen LogP contribution in [0.15, 0.2) is 0 Å². The van der Waals surface area contributed by atoms with Crippen molar-refractivity contribution in [2.45, 2.75) is 6.42 Å². The Morgan fingerprint density at radius 3 is 2.73 bits per heavy atom. The molecule has 15 heavy (non-hydrogen) atoms. The maximum absolute atomic E-state index is 11.5. The molecule has 0 radical (unpaired) electrons. The highest BCUT2D eigenvalue weighted by atomic mass is 32.2. The first-order valence-electron chi connectivity index (χ1n) is 4.61. The third-order valence-corrected chi connectivity index (χ3v) is 2.82. The fourth-order valence-electron chi connectivity index (χ4n) is 1.33. The fraction of sp³-hybridized carbons (Fsp3) is 0.750. The number of amides is 2. The topological polar surface area (TPSA) is 83.6 Å². The van der Waals surface area contributed by atoms with Crippen LogP contribution in [0.4, 0.5) is 0 Å². The lowest BCUT2D eigenvalue weighted by Crippen LogP contribution is -2.37. The smallest absolute Gasteiger partial charge is 0.237 e. The van der Waals surface area contributed by atoms with E-state index in [2.05, 4.69) is 5.32 Å². The zero-order valence-electron chi connectivity index (χ0n) is 8.52. The van der Waals surface area contributed by atoms with Crippen molar-refractivity contribution in [1.29, 1.82) is 0 Å². The largest absolute Gasteiger partial charge is 0.354 e. The van der Waals surface area contributed by atoms with Crippen molar-refractivity contribution in [2.24, 2.45) is 0 Å². The van der Waals surface area contributed by atoms with Crippen molar-refractivity contribution in [1.82, 2.24) is 10.2 Å². The highest BCUT2D eigenvalue weighted by Gasteiger charge is 2.21. The number of sulfone groups is 1. The molecule has 0 atom stereocenters. The van der Waals surface area contributed by atoms with E-state index in [1.807, 2.05) is 0 Å². The van der Waals surface area contributed by atoms with Crippen molar-refractivity contribution in [3.05, 3.63) is 0 Å². The van der Waals surface area contributed by atoms with E-state index >= 15 is 0 Å². The van der Waals surface area contributed by atoms with Gasteiger partial charge in [0.15, 0.2) is 9.84 Å². The van der Waals surface area contributed by atoms with Crippen molar-refractivity contribution in [3.63, 3.8) is 0 Å². The standard InChI is InChI=1S/C8H14N2O4S/c1-15(13,14)6-8(12)10-4-2-7(11)9-3-5-10/h2-6H2,1H3,(H,9,11). The Morgan fingerprint density at radius 1 is 1.47 bits per heavy atom. The van der Waals surface area contributed by atoms with Gasteiger partial charge in [-0.15, -0.1) is 0 Å². The number of carbonyl (C=O) groups excluding carboxylic acids is 2. The van der Waals surface area contributed by atoms with Gasteiger partial charge in [-0.1, -0.05) is 0 Å². The summed E-state index contributed by atoms with van der Waals surface area (Å²) in [4.78, 5) is 23.9. The number of carbonyl (C=O) groups is 2. The lowest BCUT2D eigenvalue weighted by molar-refractivity contribution is -0.128. The van der Waals surface area contributed by atoms with E-state index in [4.69, 9.17) is 0 Å². The predicted molar refractivity (Wildman–Crippen MR) is 53.9 cm³/mol. The van der Waals surface area contributed by atoms with Crippen LogP contribution in [0.5, 0.6) is 0 Å². The highest BCUT2D eigenvalue weighted by Crippen LogP contribution is 1.99. The van der Waals surface area contributed by atoms with Gasteiger partial charge in [0, 0.05) is 32.3 Å². The number of nitrogens with zero attached hydrogens (tertiary/aromatic N) is 1. The predicted octanol–water partition coefficient (Wildman–Crippen LogP) is -1.62. The minimum Gasteiger partial charge on any atom is -0.354 e. The van der Waals surface area contributed by atoms with Crippen LogP contribution in [0.3, 0.4) is 0 Å². The number of rotatable bonds is 2. The molecule has 1 fully saturated rings. The van der Waals surface area contributed by atoms with Gasteiger partial charge in [0.1, 0.15) is 5.75 Å². The SMILES string of the molecule is CS(=O)(=O)CC(=O)N1CCNC(=O)CC1. The molecule has 1 aliphatic rings. The minimum atomic E-state index is -3.29. The third-order valence-electron chi connectivity index (χ3n) is 2.05. The Morgan fingerprint density at radius 2 is 2.13 bits per heavy atom. The third kappa shape index (κ3) is 4.28. The van der Waals surface area contributed by atoms with Crippen molar-refractivity contribution < 1.29 is 18.0 Å². The van der Waals surface area contributed by atoms with Crippen molar-refractivity contribution in [3.8, 4) is 0 Å². The molecule has 2 amide bonds. The van der Waals surface area contributed by atoms with Crippen LogP contribution >= 0.6 is 0 Å². The van der Waals surface area contributed by atoms with E-state index in [-0.39, 0.29) is 12.3 Å². The molecule has 0 aliphatic carbocycles. The van der Waals surface area contributed by atoms with Crippen LogP contribution in [-0.2, 0) is 19.4 Å². The molecule has 0 bridgehead atoms. The molecule has 0 unspecified atom stereocenters. The van der Waals surface area contributed by atoms with Crippen LogP contribution < -0.4 is 5.32 Å². The maximum atomic E-state index is 11.5. The monoisotopic (exact) mass is 234 g/mol. The van der Waals surface area contributed by atoms with Crippen LogP contribution in [0.2, 0.25) is 0 Å². The number of hydrogen-bond donors (Lipinski definition) is 1. The lowest BCUT2D eigenvalue weighted by atomic mass is 10.4. The van der Waals surface area contributed by atoms with E-state index in [1.54, 1.807) is 0 Å².